The molecular formula is C18H16ClNO2. The highest BCUT2D eigenvalue weighted by Crippen LogP contribution is 2.48. The molecule has 0 aliphatic rings. The van der Waals surface area contributed by atoms with Gasteiger partial charge in [0.25, 0.3) is 0 Å². The molecule has 0 fully saturated rings. The van der Waals surface area contributed by atoms with Crippen LogP contribution in [0.25, 0.3) is 22.5 Å². The molecule has 0 unspecified atom stereocenters. The number of rotatable bonds is 3. The second-order valence-electron chi connectivity index (χ2n) is 5.04. The van der Waals surface area contributed by atoms with Crippen molar-refractivity contribution >= 4 is 17.5 Å². The number of aryl methyl sites for hydroxylation is 1. The normalized spacial score (nSPS) is 10.7. The average Bonchev–Trinajstić information content (AvgIpc) is 2.87. The molecule has 0 bridgehead atoms. The third kappa shape index (κ3) is 2.34. The Morgan fingerprint density at radius 3 is 2.45 bits per heavy atom. The Morgan fingerprint density at radius 2 is 1.77 bits per heavy atom. The SMILES string of the molecule is CNc1oc(-c2ccccc2)c(O)c1-c1cccc(C)c1Cl. The molecule has 0 aliphatic heterocycles. The van der Waals surface area contributed by atoms with E-state index < -0.39 is 0 Å². The van der Waals surface area contributed by atoms with Crippen molar-refractivity contribution in [3.8, 4) is 28.2 Å². The summed E-state index contributed by atoms with van der Waals surface area (Å²) in [7, 11) is 1.75. The lowest BCUT2D eigenvalue weighted by molar-refractivity contribution is 0.467. The lowest BCUT2D eigenvalue weighted by Crippen LogP contribution is -1.89. The second kappa shape index (κ2) is 5.78. The van der Waals surface area contributed by atoms with Gasteiger partial charge in [0.2, 0.25) is 5.88 Å². The van der Waals surface area contributed by atoms with Crippen LogP contribution in [0.15, 0.2) is 52.9 Å². The van der Waals surface area contributed by atoms with Crippen LogP contribution in [0.3, 0.4) is 0 Å². The number of benzene rings is 2. The predicted molar refractivity (Wildman–Crippen MR) is 90.5 cm³/mol. The molecule has 2 aromatic carbocycles. The number of aromatic hydroxyl groups is 1. The summed E-state index contributed by atoms with van der Waals surface area (Å²) in [4.78, 5) is 0. The second-order valence-corrected chi connectivity index (χ2v) is 5.41. The molecule has 0 amide bonds. The molecule has 112 valence electrons. The number of hydrogen-bond acceptors (Lipinski definition) is 3. The molecule has 0 saturated heterocycles. The van der Waals surface area contributed by atoms with Crippen LogP contribution in [0.4, 0.5) is 5.88 Å². The van der Waals surface area contributed by atoms with Crippen molar-refractivity contribution in [2.24, 2.45) is 0 Å². The van der Waals surface area contributed by atoms with Crippen molar-refractivity contribution in [2.75, 3.05) is 12.4 Å². The first-order valence-corrected chi connectivity index (χ1v) is 7.35. The highest BCUT2D eigenvalue weighted by atomic mass is 35.5. The molecule has 1 aromatic heterocycles. The topological polar surface area (TPSA) is 45.4 Å². The Kier molecular flexibility index (Phi) is 3.82. The first-order valence-electron chi connectivity index (χ1n) is 6.98. The zero-order chi connectivity index (χ0) is 15.7. The van der Waals surface area contributed by atoms with Crippen LogP contribution >= 0.6 is 11.6 Å². The van der Waals surface area contributed by atoms with Crippen LogP contribution in [-0.4, -0.2) is 12.2 Å². The molecule has 22 heavy (non-hydrogen) atoms. The van der Waals surface area contributed by atoms with Gasteiger partial charge in [0.15, 0.2) is 11.5 Å². The zero-order valence-electron chi connectivity index (χ0n) is 12.4. The van der Waals surface area contributed by atoms with Gasteiger partial charge >= 0.3 is 0 Å². The van der Waals surface area contributed by atoms with Gasteiger partial charge in [-0.25, -0.2) is 0 Å². The number of anilines is 1. The summed E-state index contributed by atoms with van der Waals surface area (Å²) in [5.74, 6) is 1.00. The Labute approximate surface area is 134 Å². The molecule has 3 rings (SSSR count). The van der Waals surface area contributed by atoms with Crippen molar-refractivity contribution in [3.63, 3.8) is 0 Å². The summed E-state index contributed by atoms with van der Waals surface area (Å²) < 4.78 is 5.81. The maximum atomic E-state index is 10.7. The fraction of sp³-hybridized carbons (Fsp3) is 0.111. The molecule has 3 nitrogen and oxygen atoms in total. The minimum Gasteiger partial charge on any atom is -0.504 e. The van der Waals surface area contributed by atoms with Gasteiger partial charge in [0.05, 0.1) is 10.6 Å². The van der Waals surface area contributed by atoms with Gasteiger partial charge in [-0.05, 0) is 12.5 Å². The number of halogens is 1. The van der Waals surface area contributed by atoms with E-state index in [0.717, 1.165) is 16.7 Å². The van der Waals surface area contributed by atoms with Crippen LogP contribution in [0.5, 0.6) is 5.75 Å². The average molecular weight is 314 g/mol. The lowest BCUT2D eigenvalue weighted by atomic mass is 10.0. The largest absolute Gasteiger partial charge is 0.504 e. The molecule has 0 radical (unpaired) electrons. The Hall–Kier alpha value is -2.39. The van der Waals surface area contributed by atoms with E-state index in [1.165, 1.54) is 0 Å². The lowest BCUT2D eigenvalue weighted by Gasteiger charge is -2.07. The Bertz CT molecular complexity index is 809. The quantitative estimate of drug-likeness (QED) is 0.687. The van der Waals surface area contributed by atoms with Crippen molar-refractivity contribution in [1.82, 2.24) is 0 Å². The minimum atomic E-state index is 0.0862. The number of hydrogen-bond donors (Lipinski definition) is 2. The maximum Gasteiger partial charge on any atom is 0.205 e. The molecular weight excluding hydrogens is 298 g/mol. The first kappa shape index (κ1) is 14.5. The highest BCUT2D eigenvalue weighted by Gasteiger charge is 2.23. The van der Waals surface area contributed by atoms with Gasteiger partial charge in [0, 0.05) is 18.2 Å². The van der Waals surface area contributed by atoms with Gasteiger partial charge in [-0.15, -0.1) is 0 Å². The minimum absolute atomic E-state index is 0.0862. The molecule has 0 spiro atoms. The van der Waals surface area contributed by atoms with Crippen molar-refractivity contribution in [2.45, 2.75) is 6.92 Å². The summed E-state index contributed by atoms with van der Waals surface area (Å²) in [5.41, 5.74) is 3.08. The molecule has 0 atom stereocenters. The summed E-state index contributed by atoms with van der Waals surface area (Å²) in [6, 6.07) is 15.2. The summed E-state index contributed by atoms with van der Waals surface area (Å²) >= 11 is 6.40. The van der Waals surface area contributed by atoms with Crippen molar-refractivity contribution in [3.05, 3.63) is 59.1 Å². The highest BCUT2D eigenvalue weighted by molar-refractivity contribution is 6.34. The van der Waals surface area contributed by atoms with Gasteiger partial charge in [-0.1, -0.05) is 60.1 Å². The Morgan fingerprint density at radius 1 is 1.05 bits per heavy atom. The van der Waals surface area contributed by atoms with Gasteiger partial charge < -0.3 is 14.8 Å². The fourth-order valence-electron chi connectivity index (χ4n) is 2.47. The third-order valence-corrected chi connectivity index (χ3v) is 4.11. The third-order valence-electron chi connectivity index (χ3n) is 3.61. The number of furan rings is 1. The Balaban J connectivity index is 2.25. The van der Waals surface area contributed by atoms with E-state index in [0.29, 0.717) is 22.2 Å². The molecule has 0 aliphatic carbocycles. The van der Waals surface area contributed by atoms with E-state index in [9.17, 15) is 5.11 Å². The van der Waals surface area contributed by atoms with E-state index >= 15 is 0 Å². The zero-order valence-corrected chi connectivity index (χ0v) is 13.1. The van der Waals surface area contributed by atoms with Gasteiger partial charge in [-0.3, -0.25) is 0 Å². The number of nitrogens with one attached hydrogen (secondary N) is 1. The van der Waals surface area contributed by atoms with Crippen molar-refractivity contribution in [1.29, 1.82) is 0 Å². The summed E-state index contributed by atoms with van der Waals surface area (Å²) in [5, 5.41) is 14.3. The van der Waals surface area contributed by atoms with E-state index in [-0.39, 0.29) is 5.75 Å². The smallest absolute Gasteiger partial charge is 0.205 e. The summed E-state index contributed by atoms with van der Waals surface area (Å²) in [6.45, 7) is 1.93. The monoisotopic (exact) mass is 313 g/mol. The molecule has 4 heteroatoms. The predicted octanol–water partition coefficient (Wildman–Crippen LogP) is 5.32. The van der Waals surface area contributed by atoms with Crippen LogP contribution in [0.1, 0.15) is 5.56 Å². The van der Waals surface area contributed by atoms with Crippen LogP contribution in [0, 0.1) is 6.92 Å². The summed E-state index contributed by atoms with van der Waals surface area (Å²) in [6.07, 6.45) is 0. The van der Waals surface area contributed by atoms with Gasteiger partial charge in [0.1, 0.15) is 0 Å². The van der Waals surface area contributed by atoms with Crippen molar-refractivity contribution < 1.29 is 9.52 Å². The van der Waals surface area contributed by atoms with E-state index in [2.05, 4.69) is 5.32 Å². The fourth-order valence-corrected chi connectivity index (χ4v) is 2.69. The molecule has 0 saturated carbocycles. The van der Waals surface area contributed by atoms with Crippen LogP contribution < -0.4 is 5.32 Å². The maximum absolute atomic E-state index is 10.7. The van der Waals surface area contributed by atoms with E-state index in [1.807, 2.05) is 55.5 Å². The van der Waals surface area contributed by atoms with Crippen LogP contribution in [-0.2, 0) is 0 Å². The standard InChI is InChI=1S/C18H16ClNO2/c1-11-7-6-10-13(15(11)19)14-16(21)17(22-18(14)20-2)12-8-4-3-5-9-12/h3-10,20-21H,1-2H3. The molecule has 2 N–H and O–H groups in total. The first-order chi connectivity index (χ1) is 10.6. The molecule has 3 aromatic rings. The van der Waals surface area contributed by atoms with E-state index in [4.69, 9.17) is 16.0 Å². The van der Waals surface area contributed by atoms with E-state index in [1.54, 1.807) is 7.05 Å². The van der Waals surface area contributed by atoms with Crippen LogP contribution in [0.2, 0.25) is 5.02 Å². The van der Waals surface area contributed by atoms with Gasteiger partial charge in [-0.2, -0.15) is 0 Å². The molecule has 1 heterocycles.